The Morgan fingerprint density at radius 2 is 0.884 bits per heavy atom. The third-order valence-electron chi connectivity index (χ3n) is 28.5. The number of nitrogens with one attached hydrogen (secondary N) is 1. The zero-order chi connectivity index (χ0) is 103. The number of anilines is 5. The van der Waals surface area contributed by atoms with Gasteiger partial charge in [0.1, 0.15) is 34.8 Å². The highest BCUT2D eigenvalue weighted by Crippen LogP contribution is 2.41. The van der Waals surface area contributed by atoms with Gasteiger partial charge in [-0.2, -0.15) is 0 Å². The van der Waals surface area contributed by atoms with Crippen molar-refractivity contribution in [2.45, 2.75) is 195 Å². The first-order valence-corrected chi connectivity index (χ1v) is 51.4. The van der Waals surface area contributed by atoms with Gasteiger partial charge in [0.05, 0.1) is 78.2 Å². The number of halogens is 4. The Bertz CT molecular complexity index is 6650. The third-order valence-corrected chi connectivity index (χ3v) is 28.5. The molecule has 6 aliphatic rings. The SMILES string of the molecule is COc1cccc(CN(C(=O)c2cnc(N3CCC(Cc4ccccc4)CC3)nc2-c2ccccc2F)C(C)C)c1.COc1cccc(N(C(=O)c2cnc(N3CCC4CCCCC4C3)nc2-c2ccccc2F)C(C)C)c1.Cc1nc(N2CCCCC2)nc(-c2ccccc2F)c1C(=O)N(Cc1ccc(C(C)(C)C)cc1)C(C)C.O=C(NC1Cc2ccccc2C1)c1cnc(N2CCOCC2)nc1-c1ccccc1F.[HH]. The van der Waals surface area contributed by atoms with Crippen molar-refractivity contribution in [3.8, 4) is 56.5 Å². The molecule has 0 bridgehead atoms. The van der Waals surface area contributed by atoms with Crippen LogP contribution in [0.5, 0.6) is 11.5 Å². The van der Waals surface area contributed by atoms with Gasteiger partial charge in [0.2, 0.25) is 23.8 Å². The van der Waals surface area contributed by atoms with Crippen LogP contribution in [0.1, 0.15) is 208 Å². The molecule has 146 heavy (non-hydrogen) atoms. The standard InChI is InChI=1S/C34H37FN4O2.C31H39FN4O.C30H35FN4O2.C24H23FN4O2.H2/c1-24(2)39(23-27-12-9-13-28(21-27)41-3)33(40)30-22-36-34(37-32(30)29-14-7-8-15-31(29)35)38-18-16-26(17-19-38)20-25-10-5-4-6-11-25;1-21(2)36(20-23-14-16-24(17-15-23)31(4,5)6)29(37)27-22(3)33-30(35-18-10-7-11-19-35)34-28(27)25-12-8-9-13-26(25)32;1-20(2)35(23-11-8-12-24(17-23)37-3)29(36)26-18-32-30(33-28(26)25-13-6-7-14-27(25)31)34-16-15-21-9-4-5-10-22(21)19-34;25-21-8-4-3-7-19(21)22-20(15-26-24(28-22)29-9-11-31-12-10-29)23(30)27-18-13-16-5-1-2-6-17(16)14-18;/h4-15,21-22,24,26H,16-20,23H2,1-3H3;8-9,12-17,21H,7,10-11,18-20H2,1-6H3;6-8,11-14,17-18,20-22H,4-5,9-10,15-16,19H2,1-3H3;1-8,15,18H,9-14H2,(H,27,30);1H. The molecule has 0 radical (unpaired) electrons. The topological polar surface area (TPSA) is 234 Å². The van der Waals surface area contributed by atoms with Crippen molar-refractivity contribution in [1.29, 1.82) is 0 Å². The number of ether oxygens (including phenoxy) is 3. The molecule has 8 heterocycles. The minimum absolute atomic E-state index is 0. The van der Waals surface area contributed by atoms with E-state index in [1.807, 2.05) is 125 Å². The first kappa shape index (κ1) is 104. The van der Waals surface area contributed by atoms with Crippen molar-refractivity contribution < 1.29 is 52.4 Å². The summed E-state index contributed by atoms with van der Waals surface area (Å²) in [4.78, 5) is 107. The zero-order valence-corrected chi connectivity index (χ0v) is 85.9. The fourth-order valence-electron chi connectivity index (χ4n) is 20.4. The van der Waals surface area contributed by atoms with Gasteiger partial charge < -0.3 is 53.8 Å². The van der Waals surface area contributed by atoms with Crippen LogP contribution in [0.2, 0.25) is 0 Å². The summed E-state index contributed by atoms with van der Waals surface area (Å²) in [5.41, 5.74) is 12.2. The van der Waals surface area contributed by atoms with Crippen molar-refractivity contribution in [2.75, 3.05) is 104 Å². The molecule has 0 spiro atoms. The largest absolute Gasteiger partial charge is 0.497 e. The Labute approximate surface area is 857 Å². The molecule has 1 saturated carbocycles. The molecule has 19 rings (SSSR count). The number of hydrogen-bond acceptors (Lipinski definition) is 19. The normalized spacial score (nSPS) is 15.9. The van der Waals surface area contributed by atoms with Crippen molar-refractivity contribution in [1.82, 2.24) is 55.0 Å². The Hall–Kier alpha value is -14.3. The van der Waals surface area contributed by atoms with Crippen LogP contribution in [0.15, 0.2) is 243 Å². The molecule has 1 N–H and O–H groups in total. The molecule has 2 aliphatic carbocycles. The molecule has 2 unspecified atom stereocenters. The summed E-state index contributed by atoms with van der Waals surface area (Å²) < 4.78 is 76.1. The van der Waals surface area contributed by atoms with E-state index in [0.717, 1.165) is 113 Å². The van der Waals surface area contributed by atoms with E-state index in [2.05, 4.69) is 121 Å². The number of morpholine rings is 1. The Morgan fingerprint density at radius 3 is 1.42 bits per heavy atom. The first-order valence-electron chi connectivity index (χ1n) is 51.4. The lowest BCUT2D eigenvalue weighted by Crippen LogP contribution is -2.42. The number of piperidine rings is 3. The Kier molecular flexibility index (Phi) is 34.8. The summed E-state index contributed by atoms with van der Waals surface area (Å²) in [7, 11) is 3.22. The maximum atomic E-state index is 15.1. The molecule has 13 aromatic rings. The summed E-state index contributed by atoms with van der Waals surface area (Å²) in [6, 6.07) is 67.8. The maximum absolute atomic E-state index is 15.1. The van der Waals surface area contributed by atoms with E-state index < -0.39 is 23.3 Å². The van der Waals surface area contributed by atoms with Crippen LogP contribution in [0, 0.1) is 47.9 Å². The van der Waals surface area contributed by atoms with Gasteiger partial charge in [-0.05, 0) is 242 Å². The number of rotatable bonds is 25. The number of fused-ring (bicyclic) bond motifs is 2. The monoisotopic (exact) mass is 1980 g/mol. The summed E-state index contributed by atoms with van der Waals surface area (Å²) in [6.07, 6.45) is 18.9. The van der Waals surface area contributed by atoms with Crippen LogP contribution in [0.4, 0.5) is 47.0 Å². The Morgan fingerprint density at radius 1 is 0.432 bits per heavy atom. The summed E-state index contributed by atoms with van der Waals surface area (Å²) >= 11 is 0. The molecule has 4 saturated heterocycles. The van der Waals surface area contributed by atoms with Gasteiger partial charge in [0.25, 0.3) is 23.6 Å². The fraction of sp³-hybridized carbons (Fsp3) is 0.378. The number of hydrogen-bond donors (Lipinski definition) is 1. The van der Waals surface area contributed by atoms with Gasteiger partial charge in [0, 0.05) is 144 Å². The van der Waals surface area contributed by atoms with Crippen LogP contribution in [0.25, 0.3) is 45.0 Å². The first-order chi connectivity index (χ1) is 70.6. The van der Waals surface area contributed by atoms with E-state index in [1.54, 1.807) is 109 Å². The lowest BCUT2D eigenvalue weighted by Gasteiger charge is -2.41. The van der Waals surface area contributed by atoms with E-state index in [1.165, 1.54) is 84.8 Å². The molecule has 2 atom stereocenters. The van der Waals surface area contributed by atoms with E-state index in [9.17, 15) is 23.6 Å². The molecule has 5 fully saturated rings. The highest BCUT2D eigenvalue weighted by Gasteiger charge is 2.37. The second kappa shape index (κ2) is 48.6. The average Bonchev–Trinajstić information content (AvgIpc) is 1.17. The second-order valence-corrected chi connectivity index (χ2v) is 40.5. The van der Waals surface area contributed by atoms with Crippen LogP contribution >= 0.6 is 0 Å². The number of carbonyl (C=O) groups excluding carboxylic acids is 4. The average molecular weight is 1980 g/mol. The maximum Gasteiger partial charge on any atom is 0.262 e. The lowest BCUT2D eigenvalue weighted by molar-refractivity contribution is 0.0681. The third kappa shape index (κ3) is 25.6. The van der Waals surface area contributed by atoms with Crippen LogP contribution in [-0.4, -0.2) is 177 Å². The number of aromatic nitrogens is 8. The summed E-state index contributed by atoms with van der Waals surface area (Å²) in [5.74, 6) is 2.91. The van der Waals surface area contributed by atoms with Gasteiger partial charge in [0.15, 0.2) is 0 Å². The van der Waals surface area contributed by atoms with Gasteiger partial charge >= 0.3 is 0 Å². The predicted octanol–water partition coefficient (Wildman–Crippen LogP) is 23.4. The molecule has 9 aromatic carbocycles. The second-order valence-electron chi connectivity index (χ2n) is 40.5. The number of carbonyl (C=O) groups is 4. The fourth-order valence-corrected chi connectivity index (χ4v) is 20.4. The van der Waals surface area contributed by atoms with Crippen molar-refractivity contribution in [2.24, 2.45) is 17.8 Å². The van der Waals surface area contributed by atoms with Gasteiger partial charge in [-0.25, -0.2) is 57.4 Å². The molecule has 4 aromatic heterocycles. The predicted molar refractivity (Wildman–Crippen MR) is 571 cm³/mol. The summed E-state index contributed by atoms with van der Waals surface area (Å²) in [5, 5.41) is 3.10. The smallest absolute Gasteiger partial charge is 0.262 e. The van der Waals surface area contributed by atoms with Gasteiger partial charge in [-0.15, -0.1) is 0 Å². The number of nitrogens with zero attached hydrogens (tertiary/aromatic N) is 15. The number of benzene rings is 9. The minimum Gasteiger partial charge on any atom is -0.497 e. The molecule has 762 valence electrons. The molecular weight excluding hydrogens is 1840 g/mol. The highest BCUT2D eigenvalue weighted by atomic mass is 19.1. The van der Waals surface area contributed by atoms with Crippen LogP contribution in [0.3, 0.4) is 0 Å². The van der Waals surface area contributed by atoms with E-state index in [-0.39, 0.29) is 71.3 Å². The van der Waals surface area contributed by atoms with Gasteiger partial charge in [-0.3, -0.25) is 19.2 Å². The van der Waals surface area contributed by atoms with E-state index in [0.29, 0.717) is 143 Å². The van der Waals surface area contributed by atoms with Crippen molar-refractivity contribution in [3.63, 3.8) is 0 Å². The van der Waals surface area contributed by atoms with Crippen LogP contribution < -0.4 is 39.3 Å². The van der Waals surface area contributed by atoms with Crippen molar-refractivity contribution >= 4 is 53.1 Å². The van der Waals surface area contributed by atoms with Crippen molar-refractivity contribution in [3.05, 3.63) is 328 Å². The zero-order valence-electron chi connectivity index (χ0n) is 85.9. The van der Waals surface area contributed by atoms with Crippen LogP contribution in [-0.2, 0) is 42.5 Å². The molecular formula is C119H136F4N16O7. The highest BCUT2D eigenvalue weighted by molar-refractivity contribution is 6.10. The number of aryl methyl sites for hydroxylation is 1. The minimum atomic E-state index is -0.420. The molecule has 4 amide bonds. The number of methoxy groups -OCH3 is 2. The van der Waals surface area contributed by atoms with E-state index in [4.69, 9.17) is 34.1 Å². The molecule has 27 heteroatoms. The quantitative estimate of drug-likeness (QED) is 0.0524. The van der Waals surface area contributed by atoms with E-state index >= 15 is 13.2 Å². The number of amides is 4. The Balaban J connectivity index is 0.000000147. The lowest BCUT2D eigenvalue weighted by atomic mass is 9.75. The molecule has 4 aliphatic heterocycles. The van der Waals surface area contributed by atoms with Gasteiger partial charge in [-0.1, -0.05) is 186 Å². The summed E-state index contributed by atoms with van der Waals surface area (Å²) in [6.45, 7) is 28.7. The molecule has 23 nitrogen and oxygen atoms in total.